The molecule has 0 aliphatic rings. The second kappa shape index (κ2) is 5.36. The van der Waals surface area contributed by atoms with Gasteiger partial charge in [-0.2, -0.15) is 0 Å². The minimum absolute atomic E-state index is 0.00769. The molecule has 0 aromatic carbocycles. The van der Waals surface area contributed by atoms with Crippen LogP contribution in [0.25, 0.3) is 0 Å². The fraction of sp³-hybridized carbons (Fsp3) is 0.364. The number of nitrogens with one attached hydrogen (secondary N) is 1. The highest BCUT2D eigenvalue weighted by Crippen LogP contribution is 2.10. The van der Waals surface area contributed by atoms with E-state index in [9.17, 15) is 4.79 Å². The van der Waals surface area contributed by atoms with Crippen molar-refractivity contribution in [3.63, 3.8) is 0 Å². The summed E-state index contributed by atoms with van der Waals surface area (Å²) in [5.41, 5.74) is 0.665. The molecule has 0 amide bonds. The Morgan fingerprint density at radius 1 is 1.80 bits per heavy atom. The molecule has 1 unspecified atom stereocenters. The second-order valence-electron chi connectivity index (χ2n) is 3.39. The zero-order valence-electron chi connectivity index (χ0n) is 8.69. The highest BCUT2D eigenvalue weighted by Gasteiger charge is 2.13. The number of carbonyl (C=O) groups is 1. The van der Waals surface area contributed by atoms with E-state index in [0.717, 1.165) is 6.42 Å². The number of carboxylic acids is 1. The minimum atomic E-state index is -1.03. The maximum absolute atomic E-state index is 10.7. The quantitative estimate of drug-likeness (QED) is 0.704. The van der Waals surface area contributed by atoms with Crippen LogP contribution in [0, 0.1) is 0 Å². The lowest BCUT2D eigenvalue weighted by atomic mass is 10.2. The third-order valence-electron chi connectivity index (χ3n) is 2.10. The predicted molar refractivity (Wildman–Crippen MR) is 56.8 cm³/mol. The highest BCUT2D eigenvalue weighted by molar-refractivity contribution is 5.86. The number of hydrogen-bond acceptors (Lipinski definition) is 3. The van der Waals surface area contributed by atoms with Gasteiger partial charge < -0.3 is 14.8 Å². The summed E-state index contributed by atoms with van der Waals surface area (Å²) in [6, 6.07) is 1.94. The molecule has 1 aromatic rings. The van der Waals surface area contributed by atoms with Gasteiger partial charge in [0, 0.05) is 18.2 Å². The number of rotatable bonds is 6. The average molecular weight is 209 g/mol. The Morgan fingerprint density at radius 2 is 2.53 bits per heavy atom. The Hall–Kier alpha value is -1.55. The summed E-state index contributed by atoms with van der Waals surface area (Å²) in [6.45, 7) is 6.15. The number of furan rings is 1. The molecule has 0 fully saturated rings. The topological polar surface area (TPSA) is 62.5 Å². The summed E-state index contributed by atoms with van der Waals surface area (Å²) in [4.78, 5) is 10.7. The maximum atomic E-state index is 10.7. The van der Waals surface area contributed by atoms with Crippen LogP contribution < -0.4 is 5.32 Å². The molecule has 82 valence electrons. The zero-order chi connectivity index (χ0) is 11.3. The van der Waals surface area contributed by atoms with Crippen LogP contribution >= 0.6 is 0 Å². The molecule has 0 aliphatic heterocycles. The monoisotopic (exact) mass is 209 g/mol. The number of carboxylic acid groups (broad SMARTS) is 1. The van der Waals surface area contributed by atoms with Gasteiger partial charge >= 0.3 is 5.97 Å². The van der Waals surface area contributed by atoms with E-state index in [2.05, 4.69) is 11.9 Å². The maximum Gasteiger partial charge on any atom is 0.372 e. The number of aromatic carboxylic acids is 1. The average Bonchev–Trinajstić information content (AvgIpc) is 2.63. The third kappa shape index (κ3) is 3.25. The lowest BCUT2D eigenvalue weighted by Crippen LogP contribution is -2.25. The molecule has 1 aromatic heterocycles. The summed E-state index contributed by atoms with van der Waals surface area (Å²) in [5, 5.41) is 12.0. The molecule has 15 heavy (non-hydrogen) atoms. The van der Waals surface area contributed by atoms with Gasteiger partial charge in [-0.05, 0) is 19.4 Å². The van der Waals surface area contributed by atoms with Crippen molar-refractivity contribution in [2.45, 2.75) is 25.9 Å². The van der Waals surface area contributed by atoms with Crippen LogP contribution in [0.2, 0.25) is 0 Å². The van der Waals surface area contributed by atoms with Crippen molar-refractivity contribution in [3.8, 4) is 0 Å². The summed E-state index contributed by atoms with van der Waals surface area (Å²) < 4.78 is 4.86. The van der Waals surface area contributed by atoms with Gasteiger partial charge in [0.05, 0.1) is 6.26 Å². The van der Waals surface area contributed by atoms with E-state index in [-0.39, 0.29) is 11.8 Å². The van der Waals surface area contributed by atoms with Crippen molar-refractivity contribution < 1.29 is 14.3 Å². The van der Waals surface area contributed by atoms with Crippen LogP contribution in [0.3, 0.4) is 0 Å². The van der Waals surface area contributed by atoms with Crippen LogP contribution in [0.4, 0.5) is 0 Å². The first-order valence-corrected chi connectivity index (χ1v) is 4.79. The fourth-order valence-corrected chi connectivity index (χ4v) is 1.28. The molecule has 1 heterocycles. The van der Waals surface area contributed by atoms with Crippen molar-refractivity contribution in [1.82, 2.24) is 5.32 Å². The van der Waals surface area contributed by atoms with Crippen molar-refractivity contribution in [3.05, 3.63) is 36.3 Å². The smallest absolute Gasteiger partial charge is 0.372 e. The third-order valence-corrected chi connectivity index (χ3v) is 2.10. The van der Waals surface area contributed by atoms with Gasteiger partial charge in [-0.25, -0.2) is 4.79 Å². The Balaban J connectivity index is 2.53. The summed E-state index contributed by atoms with van der Waals surface area (Å²) in [7, 11) is 0. The van der Waals surface area contributed by atoms with E-state index < -0.39 is 5.97 Å². The minimum Gasteiger partial charge on any atom is -0.475 e. The van der Waals surface area contributed by atoms with Crippen LogP contribution in [0.15, 0.2) is 29.4 Å². The molecule has 0 saturated carbocycles. The van der Waals surface area contributed by atoms with E-state index >= 15 is 0 Å². The second-order valence-corrected chi connectivity index (χ2v) is 3.39. The number of hydrogen-bond donors (Lipinski definition) is 2. The van der Waals surface area contributed by atoms with E-state index in [1.54, 1.807) is 6.07 Å². The summed E-state index contributed by atoms with van der Waals surface area (Å²) in [5.74, 6) is -1.03. The molecule has 0 saturated heterocycles. The van der Waals surface area contributed by atoms with Crippen molar-refractivity contribution in [1.29, 1.82) is 0 Å². The van der Waals surface area contributed by atoms with Crippen molar-refractivity contribution in [2.24, 2.45) is 0 Å². The van der Waals surface area contributed by atoms with Crippen LogP contribution in [-0.4, -0.2) is 17.1 Å². The Morgan fingerprint density at radius 3 is 3.13 bits per heavy atom. The Kier molecular flexibility index (Phi) is 4.12. The molecule has 0 aliphatic carbocycles. The molecule has 1 atom stereocenters. The molecule has 4 nitrogen and oxygen atoms in total. The van der Waals surface area contributed by atoms with Crippen LogP contribution in [0.5, 0.6) is 0 Å². The Labute approximate surface area is 88.6 Å². The van der Waals surface area contributed by atoms with Gasteiger partial charge in [0.1, 0.15) is 0 Å². The lowest BCUT2D eigenvalue weighted by molar-refractivity contribution is 0.0660. The SMILES string of the molecule is C=CCC(C)NCc1ccoc1C(=O)O. The molecule has 0 bridgehead atoms. The first-order chi connectivity index (χ1) is 7.15. The normalized spacial score (nSPS) is 12.3. The van der Waals surface area contributed by atoms with E-state index in [1.165, 1.54) is 6.26 Å². The predicted octanol–water partition coefficient (Wildman–Crippen LogP) is 2.03. The van der Waals surface area contributed by atoms with Gasteiger partial charge in [-0.15, -0.1) is 6.58 Å². The largest absolute Gasteiger partial charge is 0.475 e. The fourth-order valence-electron chi connectivity index (χ4n) is 1.28. The van der Waals surface area contributed by atoms with Gasteiger partial charge in [-0.1, -0.05) is 6.08 Å². The van der Waals surface area contributed by atoms with E-state index in [4.69, 9.17) is 9.52 Å². The van der Waals surface area contributed by atoms with Gasteiger partial charge in [0.2, 0.25) is 5.76 Å². The van der Waals surface area contributed by atoms with Gasteiger partial charge in [0.25, 0.3) is 0 Å². The zero-order valence-corrected chi connectivity index (χ0v) is 8.69. The molecule has 0 radical (unpaired) electrons. The van der Waals surface area contributed by atoms with E-state index in [0.29, 0.717) is 12.1 Å². The molecule has 4 heteroatoms. The first-order valence-electron chi connectivity index (χ1n) is 4.79. The Bertz CT molecular complexity index is 343. The van der Waals surface area contributed by atoms with Crippen molar-refractivity contribution in [2.75, 3.05) is 0 Å². The summed E-state index contributed by atoms with van der Waals surface area (Å²) >= 11 is 0. The highest BCUT2D eigenvalue weighted by atomic mass is 16.4. The van der Waals surface area contributed by atoms with E-state index in [1.807, 2.05) is 13.0 Å². The first kappa shape index (κ1) is 11.5. The van der Waals surface area contributed by atoms with Gasteiger partial charge in [0.15, 0.2) is 0 Å². The molecular weight excluding hydrogens is 194 g/mol. The molecule has 2 N–H and O–H groups in total. The molecule has 1 rings (SSSR count). The standard InChI is InChI=1S/C11H15NO3/c1-3-4-8(2)12-7-9-5-6-15-10(9)11(13)14/h3,5-6,8,12H,1,4,7H2,2H3,(H,13,14). The molecule has 0 spiro atoms. The molecular formula is C11H15NO3. The van der Waals surface area contributed by atoms with Crippen molar-refractivity contribution >= 4 is 5.97 Å². The van der Waals surface area contributed by atoms with Crippen LogP contribution in [0.1, 0.15) is 29.5 Å². The van der Waals surface area contributed by atoms with Crippen LogP contribution in [-0.2, 0) is 6.54 Å². The summed E-state index contributed by atoms with van der Waals surface area (Å²) in [6.07, 6.45) is 4.06. The van der Waals surface area contributed by atoms with Gasteiger partial charge in [-0.3, -0.25) is 0 Å². The lowest BCUT2D eigenvalue weighted by Gasteiger charge is -2.10.